The Morgan fingerprint density at radius 1 is 1.12 bits per heavy atom. The zero-order chi connectivity index (χ0) is 11.6. The lowest BCUT2D eigenvalue weighted by Gasteiger charge is -2.30. The molecule has 2 nitrogen and oxygen atoms in total. The van der Waals surface area contributed by atoms with Crippen LogP contribution in [0.5, 0.6) is 0 Å². The Labute approximate surface area is 92.1 Å². The van der Waals surface area contributed by atoms with E-state index in [9.17, 15) is 12.9 Å². The lowest BCUT2D eigenvalue weighted by Crippen LogP contribution is -2.38. The minimum atomic E-state index is -4.91. The molecule has 0 aromatic heterocycles. The van der Waals surface area contributed by atoms with Crippen LogP contribution in [0.1, 0.15) is 0 Å². The Balaban J connectivity index is 2.21. The second-order valence-electron chi connectivity index (χ2n) is 3.77. The van der Waals surface area contributed by atoms with Gasteiger partial charge in [0.05, 0.1) is 13.2 Å². The summed E-state index contributed by atoms with van der Waals surface area (Å²) in [6.07, 6.45) is 0. The van der Waals surface area contributed by atoms with E-state index in [1.54, 1.807) is 6.07 Å². The van der Waals surface area contributed by atoms with Gasteiger partial charge in [-0.3, -0.25) is 0 Å². The molecule has 0 atom stereocenters. The predicted octanol–water partition coefficient (Wildman–Crippen LogP) is 1.58. The van der Waals surface area contributed by atoms with Crippen molar-refractivity contribution in [1.29, 1.82) is 0 Å². The van der Waals surface area contributed by atoms with Crippen LogP contribution in [0.3, 0.4) is 0 Å². The van der Waals surface area contributed by atoms with E-state index in [1.807, 2.05) is 4.90 Å². The molecule has 0 bridgehead atoms. The molecule has 0 N–H and O–H groups in total. The van der Waals surface area contributed by atoms with Gasteiger partial charge in [-0.2, -0.15) is 0 Å². The molecule has 1 aliphatic heterocycles. The van der Waals surface area contributed by atoms with Gasteiger partial charge in [-0.25, -0.2) is 0 Å². The van der Waals surface area contributed by atoms with Gasteiger partial charge < -0.3 is 22.6 Å². The van der Waals surface area contributed by atoms with Gasteiger partial charge in [0, 0.05) is 18.8 Å². The van der Waals surface area contributed by atoms with Crippen molar-refractivity contribution < 1.29 is 17.7 Å². The van der Waals surface area contributed by atoms with E-state index in [4.69, 9.17) is 4.74 Å². The fourth-order valence-electron chi connectivity index (χ4n) is 1.75. The summed E-state index contributed by atoms with van der Waals surface area (Å²) in [6.45, 7) is -2.47. The summed E-state index contributed by atoms with van der Waals surface area (Å²) in [7, 11) is 0. The number of hydrogen-bond acceptors (Lipinski definition) is 2. The lowest BCUT2D eigenvalue weighted by molar-refractivity contribution is 0.122. The number of anilines is 1. The summed E-state index contributed by atoms with van der Waals surface area (Å²) in [5, 5.41) is 0. The van der Waals surface area contributed by atoms with E-state index in [2.05, 4.69) is 0 Å². The highest BCUT2D eigenvalue weighted by Crippen LogP contribution is 2.17. The topological polar surface area (TPSA) is 12.5 Å². The standard InChI is InChI=1S/C10H12BF3NO/c12-11(13,14)9-2-1-3-10(8-9)15-4-6-16-7-5-15/h1-3,8H,4-7H2/q-1. The molecule has 1 aromatic rings. The summed E-state index contributed by atoms with van der Waals surface area (Å²) in [5.74, 6) is 0. The van der Waals surface area contributed by atoms with Gasteiger partial charge in [-0.05, 0) is 6.07 Å². The van der Waals surface area contributed by atoms with Crippen molar-refractivity contribution in [2.75, 3.05) is 31.2 Å². The van der Waals surface area contributed by atoms with Crippen LogP contribution in [0.25, 0.3) is 0 Å². The molecule has 16 heavy (non-hydrogen) atoms. The number of halogens is 3. The predicted molar refractivity (Wildman–Crippen MR) is 58.2 cm³/mol. The van der Waals surface area contributed by atoms with Gasteiger partial charge in [-0.15, -0.1) is 5.46 Å². The highest BCUT2D eigenvalue weighted by atomic mass is 19.4. The normalized spacial score (nSPS) is 17.6. The number of nitrogens with zero attached hydrogens (tertiary/aromatic N) is 1. The number of morpholine rings is 1. The van der Waals surface area contributed by atoms with Gasteiger partial charge in [0.1, 0.15) is 0 Å². The molecule has 1 saturated heterocycles. The Bertz CT molecular complexity index is 363. The Kier molecular flexibility index (Phi) is 3.09. The minimum Gasteiger partial charge on any atom is -0.445 e. The lowest BCUT2D eigenvalue weighted by atomic mass is 9.80. The zero-order valence-corrected chi connectivity index (χ0v) is 8.70. The molecule has 1 aliphatic rings. The fraction of sp³-hybridized carbons (Fsp3) is 0.400. The van der Waals surface area contributed by atoms with Crippen molar-refractivity contribution >= 4 is 18.1 Å². The highest BCUT2D eigenvalue weighted by molar-refractivity contribution is 6.73. The highest BCUT2D eigenvalue weighted by Gasteiger charge is 2.26. The van der Waals surface area contributed by atoms with Crippen molar-refractivity contribution in [3.8, 4) is 0 Å². The van der Waals surface area contributed by atoms with Gasteiger partial charge in [0.15, 0.2) is 0 Å². The first kappa shape index (κ1) is 11.3. The van der Waals surface area contributed by atoms with Crippen LogP contribution in [0.4, 0.5) is 18.6 Å². The van der Waals surface area contributed by atoms with Crippen molar-refractivity contribution in [3.05, 3.63) is 24.3 Å². The SMILES string of the molecule is F[B-](F)(F)c1cccc(N2CCOCC2)c1. The Hall–Kier alpha value is -1.17. The maximum Gasteiger partial charge on any atom is 0.509 e. The van der Waals surface area contributed by atoms with E-state index in [1.165, 1.54) is 12.1 Å². The first-order valence-electron chi connectivity index (χ1n) is 5.20. The smallest absolute Gasteiger partial charge is 0.445 e. The van der Waals surface area contributed by atoms with Gasteiger partial charge >= 0.3 is 6.98 Å². The third kappa shape index (κ3) is 2.50. The van der Waals surface area contributed by atoms with E-state index in [0.29, 0.717) is 32.0 Å². The largest absolute Gasteiger partial charge is 0.509 e. The number of benzene rings is 1. The minimum absolute atomic E-state index is 0.538. The summed E-state index contributed by atoms with van der Waals surface area (Å²) in [6, 6.07) is 5.49. The number of rotatable bonds is 2. The molecule has 0 saturated carbocycles. The first-order valence-corrected chi connectivity index (χ1v) is 5.20. The van der Waals surface area contributed by atoms with Crippen LogP contribution in [0.2, 0.25) is 0 Å². The molecule has 1 aromatic carbocycles. The monoisotopic (exact) mass is 230 g/mol. The van der Waals surface area contributed by atoms with Crippen molar-refractivity contribution in [2.24, 2.45) is 0 Å². The van der Waals surface area contributed by atoms with Crippen LogP contribution in [-0.2, 0) is 4.74 Å². The summed E-state index contributed by atoms with van der Waals surface area (Å²) < 4.78 is 42.8. The van der Waals surface area contributed by atoms with Crippen molar-refractivity contribution in [1.82, 2.24) is 0 Å². The van der Waals surface area contributed by atoms with E-state index >= 15 is 0 Å². The molecule has 1 heterocycles. The van der Waals surface area contributed by atoms with Crippen molar-refractivity contribution in [2.45, 2.75) is 0 Å². The molecule has 1 fully saturated rings. The Morgan fingerprint density at radius 2 is 1.81 bits per heavy atom. The van der Waals surface area contributed by atoms with Gasteiger partial charge in [-0.1, -0.05) is 18.2 Å². The molecule has 88 valence electrons. The van der Waals surface area contributed by atoms with Crippen LogP contribution in [0, 0.1) is 0 Å². The van der Waals surface area contributed by atoms with Gasteiger partial charge in [0.25, 0.3) is 0 Å². The summed E-state index contributed by atoms with van der Waals surface area (Å²) in [4.78, 5) is 1.91. The third-order valence-corrected chi connectivity index (χ3v) is 2.62. The summed E-state index contributed by atoms with van der Waals surface area (Å²) in [5.41, 5.74) is 0.0870. The first-order chi connectivity index (χ1) is 7.57. The van der Waals surface area contributed by atoms with E-state index < -0.39 is 12.4 Å². The average molecular weight is 230 g/mol. The maximum absolute atomic E-state index is 12.6. The second-order valence-corrected chi connectivity index (χ2v) is 3.77. The molecule has 6 heteroatoms. The third-order valence-electron chi connectivity index (χ3n) is 2.62. The average Bonchev–Trinajstić information content (AvgIpc) is 2.29. The quantitative estimate of drug-likeness (QED) is 0.715. The molecule has 0 aliphatic carbocycles. The fourth-order valence-corrected chi connectivity index (χ4v) is 1.75. The summed E-state index contributed by atoms with van der Waals surface area (Å²) >= 11 is 0. The van der Waals surface area contributed by atoms with Gasteiger partial charge in [0.2, 0.25) is 0 Å². The molecule has 2 rings (SSSR count). The second kappa shape index (κ2) is 4.37. The van der Waals surface area contributed by atoms with Crippen LogP contribution >= 0.6 is 0 Å². The van der Waals surface area contributed by atoms with E-state index in [-0.39, 0.29) is 0 Å². The molecule has 0 amide bonds. The molecule has 0 spiro atoms. The van der Waals surface area contributed by atoms with Crippen LogP contribution in [-0.4, -0.2) is 33.3 Å². The maximum atomic E-state index is 12.6. The molecular formula is C10H12BF3NO-. The van der Waals surface area contributed by atoms with Crippen LogP contribution < -0.4 is 10.4 Å². The zero-order valence-electron chi connectivity index (χ0n) is 8.70. The molecule has 0 unspecified atom stereocenters. The van der Waals surface area contributed by atoms with E-state index in [0.717, 1.165) is 6.07 Å². The number of ether oxygens (including phenoxy) is 1. The molecular weight excluding hydrogens is 218 g/mol. The van der Waals surface area contributed by atoms with Crippen LogP contribution in [0.15, 0.2) is 24.3 Å². The van der Waals surface area contributed by atoms with Crippen molar-refractivity contribution in [3.63, 3.8) is 0 Å². The number of hydrogen-bond donors (Lipinski definition) is 0. The Morgan fingerprint density at radius 3 is 2.44 bits per heavy atom. The molecule has 0 radical (unpaired) electrons.